The van der Waals surface area contributed by atoms with E-state index in [0.717, 1.165) is 29.8 Å². The van der Waals surface area contributed by atoms with Gasteiger partial charge in [0.25, 0.3) is 0 Å². The Morgan fingerprint density at radius 2 is 2.50 bits per heavy atom. The van der Waals surface area contributed by atoms with E-state index in [1.54, 1.807) is 18.3 Å². The first kappa shape index (κ1) is 11.9. The maximum Gasteiger partial charge on any atom is 0.185 e. The molecule has 1 aliphatic rings. The number of aliphatic hydroxyl groups is 1. The van der Waals surface area contributed by atoms with E-state index in [4.69, 9.17) is 0 Å². The quantitative estimate of drug-likeness (QED) is 0.879. The summed E-state index contributed by atoms with van der Waals surface area (Å²) in [6.07, 6.45) is 3.44. The summed E-state index contributed by atoms with van der Waals surface area (Å²) in [6, 6.07) is 0. The SMILES string of the molecule is CCCC1CCN(c2nc(C(C)O)cs2)C1. The minimum absolute atomic E-state index is 0.445. The summed E-state index contributed by atoms with van der Waals surface area (Å²) in [5, 5.41) is 12.5. The third kappa shape index (κ3) is 2.55. The summed E-state index contributed by atoms with van der Waals surface area (Å²) in [7, 11) is 0. The zero-order chi connectivity index (χ0) is 11.5. The van der Waals surface area contributed by atoms with E-state index in [1.165, 1.54) is 19.3 Å². The van der Waals surface area contributed by atoms with Crippen LogP contribution in [0.25, 0.3) is 0 Å². The van der Waals surface area contributed by atoms with Gasteiger partial charge in [-0.05, 0) is 25.7 Å². The van der Waals surface area contributed by atoms with Gasteiger partial charge in [0.15, 0.2) is 5.13 Å². The van der Waals surface area contributed by atoms with Gasteiger partial charge in [-0.15, -0.1) is 11.3 Å². The maximum absolute atomic E-state index is 9.44. The highest BCUT2D eigenvalue weighted by Gasteiger charge is 2.24. The average molecular weight is 240 g/mol. The predicted molar refractivity (Wildman–Crippen MR) is 68.0 cm³/mol. The molecule has 2 rings (SSSR count). The van der Waals surface area contributed by atoms with Crippen molar-refractivity contribution in [3.63, 3.8) is 0 Å². The number of rotatable bonds is 4. The number of anilines is 1. The summed E-state index contributed by atoms with van der Waals surface area (Å²) in [5.74, 6) is 0.837. The van der Waals surface area contributed by atoms with Crippen LogP contribution >= 0.6 is 11.3 Å². The van der Waals surface area contributed by atoms with Crippen LogP contribution in [0.5, 0.6) is 0 Å². The smallest absolute Gasteiger partial charge is 0.185 e. The standard InChI is InChI=1S/C12H20N2OS/c1-3-4-10-5-6-14(7-10)12-13-11(8-16-12)9(2)15/h8-10,15H,3-7H2,1-2H3. The molecule has 3 nitrogen and oxygen atoms in total. The zero-order valence-corrected chi connectivity index (χ0v) is 10.8. The van der Waals surface area contributed by atoms with Crippen molar-refractivity contribution in [3.05, 3.63) is 11.1 Å². The molecule has 0 saturated carbocycles. The first-order valence-corrected chi connectivity index (χ1v) is 6.97. The highest BCUT2D eigenvalue weighted by molar-refractivity contribution is 7.13. The van der Waals surface area contributed by atoms with E-state index >= 15 is 0 Å². The number of aliphatic hydroxyl groups excluding tert-OH is 1. The number of thiazole rings is 1. The van der Waals surface area contributed by atoms with Crippen LogP contribution in [-0.4, -0.2) is 23.2 Å². The van der Waals surface area contributed by atoms with Gasteiger partial charge in [-0.25, -0.2) is 4.98 Å². The van der Waals surface area contributed by atoms with Crippen LogP contribution in [0.1, 0.15) is 44.9 Å². The van der Waals surface area contributed by atoms with Crippen molar-refractivity contribution in [2.24, 2.45) is 5.92 Å². The Kier molecular flexibility index (Phi) is 3.82. The van der Waals surface area contributed by atoms with Gasteiger partial charge in [-0.1, -0.05) is 13.3 Å². The topological polar surface area (TPSA) is 36.4 Å². The molecule has 0 aliphatic carbocycles. The van der Waals surface area contributed by atoms with Crippen molar-refractivity contribution in [1.82, 2.24) is 4.98 Å². The minimum Gasteiger partial charge on any atom is -0.387 e. The summed E-state index contributed by atoms with van der Waals surface area (Å²) >= 11 is 1.65. The van der Waals surface area contributed by atoms with Gasteiger partial charge in [-0.3, -0.25) is 0 Å². The minimum atomic E-state index is -0.445. The molecule has 2 heterocycles. The van der Waals surface area contributed by atoms with Gasteiger partial charge >= 0.3 is 0 Å². The lowest BCUT2D eigenvalue weighted by Crippen LogP contribution is -2.19. The third-order valence-electron chi connectivity index (χ3n) is 3.19. The van der Waals surface area contributed by atoms with Gasteiger partial charge in [0.1, 0.15) is 0 Å². The first-order chi connectivity index (χ1) is 7.70. The molecule has 0 radical (unpaired) electrons. The van der Waals surface area contributed by atoms with Gasteiger partial charge in [0.2, 0.25) is 0 Å². The Labute approximate surface area is 101 Å². The molecular formula is C12H20N2OS. The molecule has 16 heavy (non-hydrogen) atoms. The Hall–Kier alpha value is -0.610. The molecular weight excluding hydrogens is 220 g/mol. The molecule has 0 spiro atoms. The van der Waals surface area contributed by atoms with E-state index in [9.17, 15) is 5.11 Å². The summed E-state index contributed by atoms with van der Waals surface area (Å²) in [6.45, 7) is 6.28. The average Bonchev–Trinajstić information content (AvgIpc) is 2.84. The zero-order valence-electron chi connectivity index (χ0n) is 10.0. The fraction of sp³-hybridized carbons (Fsp3) is 0.750. The molecule has 1 aromatic heterocycles. The molecule has 90 valence electrons. The number of nitrogens with zero attached hydrogens (tertiary/aromatic N) is 2. The molecule has 1 N–H and O–H groups in total. The second-order valence-electron chi connectivity index (χ2n) is 4.62. The molecule has 2 unspecified atom stereocenters. The number of hydrogen-bond acceptors (Lipinski definition) is 4. The van der Waals surface area contributed by atoms with Crippen molar-refractivity contribution in [3.8, 4) is 0 Å². The van der Waals surface area contributed by atoms with Gasteiger partial charge in [0.05, 0.1) is 11.8 Å². The van der Waals surface area contributed by atoms with Crippen LogP contribution in [0.3, 0.4) is 0 Å². The highest BCUT2D eigenvalue weighted by atomic mass is 32.1. The molecule has 2 atom stereocenters. The first-order valence-electron chi connectivity index (χ1n) is 6.09. The third-order valence-corrected chi connectivity index (χ3v) is 4.11. The van der Waals surface area contributed by atoms with Crippen molar-refractivity contribution < 1.29 is 5.11 Å². The van der Waals surface area contributed by atoms with E-state index in [2.05, 4.69) is 16.8 Å². The molecule has 0 bridgehead atoms. The number of aromatic nitrogens is 1. The highest BCUT2D eigenvalue weighted by Crippen LogP contribution is 2.30. The van der Waals surface area contributed by atoms with Crippen molar-refractivity contribution in [1.29, 1.82) is 0 Å². The van der Waals surface area contributed by atoms with E-state index in [-0.39, 0.29) is 0 Å². The lowest BCUT2D eigenvalue weighted by molar-refractivity contribution is 0.195. The normalized spacial score (nSPS) is 22.7. The van der Waals surface area contributed by atoms with Crippen LogP contribution in [0.15, 0.2) is 5.38 Å². The Morgan fingerprint density at radius 1 is 1.69 bits per heavy atom. The monoisotopic (exact) mass is 240 g/mol. The summed E-state index contributed by atoms with van der Waals surface area (Å²) in [4.78, 5) is 6.84. The summed E-state index contributed by atoms with van der Waals surface area (Å²) in [5.41, 5.74) is 0.805. The van der Waals surface area contributed by atoms with Gasteiger partial charge in [0, 0.05) is 18.5 Å². The molecule has 1 aromatic rings. The fourth-order valence-corrected chi connectivity index (χ4v) is 3.21. The second-order valence-corrected chi connectivity index (χ2v) is 5.46. The van der Waals surface area contributed by atoms with Crippen LogP contribution in [-0.2, 0) is 0 Å². The second kappa shape index (κ2) is 5.15. The van der Waals surface area contributed by atoms with Gasteiger partial charge in [-0.2, -0.15) is 0 Å². The van der Waals surface area contributed by atoms with E-state index in [0.29, 0.717) is 0 Å². The van der Waals surface area contributed by atoms with Crippen molar-refractivity contribution in [2.75, 3.05) is 18.0 Å². The molecule has 1 aliphatic heterocycles. The lowest BCUT2D eigenvalue weighted by atomic mass is 10.0. The molecule has 4 heteroatoms. The predicted octanol–water partition coefficient (Wildman–Crippen LogP) is 2.82. The fourth-order valence-electron chi connectivity index (χ4n) is 2.26. The Balaban J connectivity index is 1.97. The van der Waals surface area contributed by atoms with Crippen molar-refractivity contribution >= 4 is 16.5 Å². The summed E-state index contributed by atoms with van der Waals surface area (Å²) < 4.78 is 0. The molecule has 1 saturated heterocycles. The van der Waals surface area contributed by atoms with Crippen molar-refractivity contribution in [2.45, 2.75) is 39.2 Å². The van der Waals surface area contributed by atoms with E-state index < -0.39 is 6.10 Å². The molecule has 1 fully saturated rings. The van der Waals surface area contributed by atoms with Crippen LogP contribution in [0.4, 0.5) is 5.13 Å². The lowest BCUT2D eigenvalue weighted by Gasteiger charge is -2.14. The Bertz CT molecular complexity index is 338. The number of hydrogen-bond donors (Lipinski definition) is 1. The Morgan fingerprint density at radius 3 is 3.12 bits per heavy atom. The maximum atomic E-state index is 9.44. The largest absolute Gasteiger partial charge is 0.387 e. The molecule has 0 amide bonds. The van der Waals surface area contributed by atoms with E-state index in [1.807, 2.05) is 5.38 Å². The van der Waals surface area contributed by atoms with Crippen LogP contribution in [0.2, 0.25) is 0 Å². The van der Waals surface area contributed by atoms with Crippen LogP contribution < -0.4 is 4.90 Å². The van der Waals surface area contributed by atoms with Crippen LogP contribution in [0, 0.1) is 5.92 Å². The molecule has 0 aromatic carbocycles. The van der Waals surface area contributed by atoms with Gasteiger partial charge < -0.3 is 10.0 Å².